The van der Waals surface area contributed by atoms with Gasteiger partial charge in [0.05, 0.1) is 26.6 Å². The van der Waals surface area contributed by atoms with Crippen LogP contribution < -0.4 is 4.90 Å². The van der Waals surface area contributed by atoms with Crippen molar-refractivity contribution >= 4 is 29.3 Å². The summed E-state index contributed by atoms with van der Waals surface area (Å²) < 4.78 is 9.85. The Kier molecular flexibility index (Phi) is 8.74. The predicted octanol–water partition coefficient (Wildman–Crippen LogP) is 2.21. The lowest BCUT2D eigenvalue weighted by atomic mass is 9.83. The van der Waals surface area contributed by atoms with Gasteiger partial charge in [-0.2, -0.15) is 0 Å². The molecular weight excluding hydrogens is 400 g/mol. The van der Waals surface area contributed by atoms with Crippen LogP contribution in [0.3, 0.4) is 0 Å². The van der Waals surface area contributed by atoms with Gasteiger partial charge in [-0.1, -0.05) is 25.1 Å². The van der Waals surface area contributed by atoms with Crippen LogP contribution in [0.5, 0.6) is 0 Å². The van der Waals surface area contributed by atoms with Gasteiger partial charge in [0.15, 0.2) is 0 Å². The van der Waals surface area contributed by atoms with Crippen molar-refractivity contribution < 1.29 is 28.7 Å². The number of anilines is 1. The molecular formula is C23H32N2O6. The summed E-state index contributed by atoms with van der Waals surface area (Å²) in [5.41, 5.74) is -0.673. The second-order valence-electron chi connectivity index (χ2n) is 7.74. The lowest BCUT2D eigenvalue weighted by Gasteiger charge is -2.47. The minimum absolute atomic E-state index is 0.179. The maximum absolute atomic E-state index is 13.5. The quantitative estimate of drug-likeness (QED) is 0.436. The molecule has 0 N–H and O–H groups in total. The summed E-state index contributed by atoms with van der Waals surface area (Å²) in [6.07, 6.45) is 1.15. The van der Waals surface area contributed by atoms with Crippen molar-refractivity contribution in [2.24, 2.45) is 5.92 Å². The van der Waals surface area contributed by atoms with E-state index in [2.05, 4.69) is 4.90 Å². The normalized spacial score (nSPS) is 16.8. The molecule has 1 aliphatic heterocycles. The SMILES string of the molecule is CCC(=O)C(C)C(=O)N(c1ccccc1)C1(C(=O)OC)CCN(CCC(=O)OC)CC1. The maximum Gasteiger partial charge on any atom is 0.332 e. The fourth-order valence-corrected chi connectivity index (χ4v) is 4.01. The topological polar surface area (TPSA) is 93.2 Å². The average molecular weight is 433 g/mol. The first-order valence-electron chi connectivity index (χ1n) is 10.6. The van der Waals surface area contributed by atoms with Crippen molar-refractivity contribution in [1.29, 1.82) is 0 Å². The molecule has 1 saturated heterocycles. The Bertz CT molecular complexity index is 787. The molecule has 1 atom stereocenters. The maximum atomic E-state index is 13.5. The fraction of sp³-hybridized carbons (Fsp3) is 0.565. The largest absolute Gasteiger partial charge is 0.469 e. The summed E-state index contributed by atoms with van der Waals surface area (Å²) in [7, 11) is 2.66. The Morgan fingerprint density at radius 3 is 2.19 bits per heavy atom. The molecule has 170 valence electrons. The van der Waals surface area contributed by atoms with E-state index >= 15 is 0 Å². The number of piperidine rings is 1. The summed E-state index contributed by atoms with van der Waals surface area (Å²) in [5.74, 6) is -2.26. The predicted molar refractivity (Wildman–Crippen MR) is 115 cm³/mol. The number of methoxy groups -OCH3 is 2. The van der Waals surface area contributed by atoms with Crippen LogP contribution in [0, 0.1) is 5.92 Å². The molecule has 2 rings (SSSR count). The number of hydrogen-bond acceptors (Lipinski definition) is 7. The molecule has 0 spiro atoms. The summed E-state index contributed by atoms with van der Waals surface area (Å²) in [6.45, 7) is 4.81. The summed E-state index contributed by atoms with van der Waals surface area (Å²) in [6, 6.07) is 8.93. The highest BCUT2D eigenvalue weighted by Gasteiger charge is 2.51. The van der Waals surface area contributed by atoms with E-state index in [1.54, 1.807) is 38.1 Å². The van der Waals surface area contributed by atoms with Crippen LogP contribution in [0.2, 0.25) is 0 Å². The molecule has 0 bridgehead atoms. The Morgan fingerprint density at radius 1 is 1.06 bits per heavy atom. The van der Waals surface area contributed by atoms with E-state index in [9.17, 15) is 19.2 Å². The minimum Gasteiger partial charge on any atom is -0.469 e. The standard InChI is InChI=1S/C23H32N2O6/c1-5-19(26)17(2)21(28)25(18-9-7-6-8-10-18)23(22(29)31-4)12-15-24(16-13-23)14-11-20(27)30-3/h6-10,17H,5,11-16H2,1-4H3. The molecule has 1 heterocycles. The van der Waals surface area contributed by atoms with Gasteiger partial charge in [0.25, 0.3) is 0 Å². The molecule has 1 aromatic rings. The van der Waals surface area contributed by atoms with Gasteiger partial charge in [-0.3, -0.25) is 19.3 Å². The van der Waals surface area contributed by atoms with Crippen LogP contribution in [0.4, 0.5) is 5.69 Å². The second kappa shape index (κ2) is 11.0. The molecule has 31 heavy (non-hydrogen) atoms. The Morgan fingerprint density at radius 2 is 1.68 bits per heavy atom. The molecule has 1 aliphatic rings. The molecule has 0 aliphatic carbocycles. The summed E-state index contributed by atoms with van der Waals surface area (Å²) in [5, 5.41) is 0. The number of hydrogen-bond donors (Lipinski definition) is 0. The Labute approximate surface area is 183 Å². The van der Waals surface area contributed by atoms with Crippen molar-refractivity contribution in [3.8, 4) is 0 Å². The Balaban J connectivity index is 2.39. The lowest BCUT2D eigenvalue weighted by molar-refractivity contribution is -0.152. The molecule has 0 saturated carbocycles. The third-order valence-corrected chi connectivity index (χ3v) is 5.97. The molecule has 8 heteroatoms. The van der Waals surface area contributed by atoms with E-state index in [1.165, 1.54) is 19.1 Å². The van der Waals surface area contributed by atoms with Crippen LogP contribution in [-0.4, -0.2) is 67.9 Å². The number of esters is 2. The fourth-order valence-electron chi connectivity index (χ4n) is 4.01. The zero-order valence-corrected chi connectivity index (χ0v) is 18.8. The molecule has 1 amide bonds. The average Bonchev–Trinajstić information content (AvgIpc) is 2.82. The van der Waals surface area contributed by atoms with Gasteiger partial charge in [0, 0.05) is 31.7 Å². The van der Waals surface area contributed by atoms with Gasteiger partial charge in [0.1, 0.15) is 11.3 Å². The van der Waals surface area contributed by atoms with Crippen molar-refractivity contribution in [3.05, 3.63) is 30.3 Å². The van der Waals surface area contributed by atoms with Crippen molar-refractivity contribution in [3.63, 3.8) is 0 Å². The molecule has 0 aromatic heterocycles. The number of rotatable bonds is 9. The number of amides is 1. The van der Waals surface area contributed by atoms with Crippen LogP contribution in [-0.2, 0) is 28.7 Å². The first-order valence-corrected chi connectivity index (χ1v) is 10.6. The van der Waals surface area contributed by atoms with E-state index in [4.69, 9.17) is 9.47 Å². The smallest absolute Gasteiger partial charge is 0.332 e. The van der Waals surface area contributed by atoms with Gasteiger partial charge in [0.2, 0.25) is 5.91 Å². The number of Topliss-reactive ketones (excluding diaryl/α,β-unsaturated/α-hetero) is 1. The lowest BCUT2D eigenvalue weighted by Crippen LogP contribution is -2.64. The van der Waals surface area contributed by atoms with Crippen LogP contribution in [0.25, 0.3) is 0 Å². The van der Waals surface area contributed by atoms with Crippen molar-refractivity contribution in [2.45, 2.75) is 45.1 Å². The Hall–Kier alpha value is -2.74. The number of para-hydroxylation sites is 1. The third-order valence-electron chi connectivity index (χ3n) is 5.97. The highest BCUT2D eigenvalue weighted by atomic mass is 16.5. The molecule has 0 radical (unpaired) electrons. The summed E-state index contributed by atoms with van der Waals surface area (Å²) >= 11 is 0. The van der Waals surface area contributed by atoms with E-state index in [0.717, 1.165) is 0 Å². The van der Waals surface area contributed by atoms with Gasteiger partial charge in [-0.25, -0.2) is 4.79 Å². The molecule has 8 nitrogen and oxygen atoms in total. The first-order chi connectivity index (χ1) is 14.8. The van der Waals surface area contributed by atoms with E-state index in [0.29, 0.717) is 38.2 Å². The number of ketones is 1. The summed E-state index contributed by atoms with van der Waals surface area (Å²) in [4.78, 5) is 54.0. The van der Waals surface area contributed by atoms with Gasteiger partial charge < -0.3 is 14.4 Å². The van der Waals surface area contributed by atoms with E-state index in [-0.39, 0.29) is 24.6 Å². The number of ether oxygens (including phenoxy) is 2. The van der Waals surface area contributed by atoms with Gasteiger partial charge in [-0.05, 0) is 31.9 Å². The van der Waals surface area contributed by atoms with Crippen molar-refractivity contribution in [1.82, 2.24) is 4.90 Å². The second-order valence-corrected chi connectivity index (χ2v) is 7.74. The highest BCUT2D eigenvalue weighted by Crippen LogP contribution is 2.36. The molecule has 1 unspecified atom stereocenters. The van der Waals surface area contributed by atoms with Crippen molar-refractivity contribution in [2.75, 3.05) is 38.8 Å². The van der Waals surface area contributed by atoms with E-state index < -0.39 is 23.3 Å². The number of nitrogens with zero attached hydrogens (tertiary/aromatic N) is 2. The zero-order chi connectivity index (χ0) is 23.0. The first kappa shape index (κ1) is 24.5. The number of benzene rings is 1. The van der Waals surface area contributed by atoms with Crippen LogP contribution in [0.15, 0.2) is 30.3 Å². The number of carbonyl (C=O) groups excluding carboxylic acids is 4. The zero-order valence-electron chi connectivity index (χ0n) is 18.8. The van der Waals surface area contributed by atoms with Crippen LogP contribution >= 0.6 is 0 Å². The van der Waals surface area contributed by atoms with Crippen LogP contribution in [0.1, 0.15) is 39.5 Å². The number of likely N-dealkylation sites (tertiary alicyclic amines) is 1. The monoisotopic (exact) mass is 432 g/mol. The molecule has 1 fully saturated rings. The highest BCUT2D eigenvalue weighted by molar-refractivity contribution is 6.11. The van der Waals surface area contributed by atoms with E-state index in [1.807, 2.05) is 6.07 Å². The minimum atomic E-state index is -1.22. The molecule has 1 aromatic carbocycles. The third kappa shape index (κ3) is 5.50. The number of carbonyl (C=O) groups is 4. The van der Waals surface area contributed by atoms with Gasteiger partial charge in [-0.15, -0.1) is 0 Å². The van der Waals surface area contributed by atoms with Gasteiger partial charge >= 0.3 is 11.9 Å².